The van der Waals surface area contributed by atoms with Gasteiger partial charge in [0.15, 0.2) is 11.7 Å². The average molecular weight is 818 g/mol. The first-order valence-corrected chi connectivity index (χ1v) is 20.2. The number of carbonyl (C=O) groups is 5. The number of aromatic amines is 2. The van der Waals surface area contributed by atoms with Gasteiger partial charge in [0.1, 0.15) is 17.6 Å². The lowest BCUT2D eigenvalue weighted by molar-refractivity contribution is -0.134. The highest BCUT2D eigenvalue weighted by molar-refractivity contribution is 5.95. The van der Waals surface area contributed by atoms with Crippen molar-refractivity contribution < 1.29 is 28.7 Å². The van der Waals surface area contributed by atoms with Crippen molar-refractivity contribution in [3.63, 3.8) is 0 Å². The molecule has 2 aromatic heterocycles. The van der Waals surface area contributed by atoms with Crippen LogP contribution >= 0.6 is 0 Å². The highest BCUT2D eigenvalue weighted by Crippen LogP contribution is 2.22. The van der Waals surface area contributed by atoms with Crippen LogP contribution in [0.15, 0.2) is 103 Å². The molecule has 0 aliphatic heterocycles. The first-order valence-electron chi connectivity index (χ1n) is 20.2. The van der Waals surface area contributed by atoms with Gasteiger partial charge in [-0.05, 0) is 67.0 Å². The minimum Gasteiger partial charge on any atom is -0.497 e. The van der Waals surface area contributed by atoms with Gasteiger partial charge in [-0.3, -0.25) is 29.0 Å². The number of carbonyl (C=O) groups excluding carboxylic acids is 5. The smallest absolute Gasteiger partial charge is 0.240 e. The van der Waals surface area contributed by atoms with Crippen LogP contribution in [0.1, 0.15) is 60.9 Å². The molecule has 0 fully saturated rings. The number of fused-ring (bicyclic) bond motifs is 1. The Labute approximate surface area is 349 Å². The van der Waals surface area contributed by atoms with Crippen molar-refractivity contribution in [1.82, 2.24) is 25.6 Å². The van der Waals surface area contributed by atoms with Gasteiger partial charge in [0.25, 0.3) is 0 Å². The molecular formula is C45H55N9O6. The molecule has 0 spiro atoms. The Morgan fingerprint density at radius 1 is 0.767 bits per heavy atom. The number of hydrogen-bond acceptors (Lipinski definition) is 8. The Morgan fingerprint density at radius 2 is 1.48 bits per heavy atom. The Morgan fingerprint density at radius 3 is 2.18 bits per heavy atom. The molecule has 15 heteroatoms. The standard InChI is InChI=1S/C45H55N9O6/c1-60-36-18-16-29(17-19-36)11-7-13-35(55)23-32(22-34-27-49-28-52-34)44(59)53-39(21-30-9-3-2-4-10-30)41(56)25-31(12-8-20-50-45(47)48)43(58)54-40(42(46)57)24-33-26-51-38-15-6-5-14-37(33)38/h2-6,9-10,14-19,26-28,31-32,39-40,51H,7-8,11-13,20-25H2,1H3,(H2,46,57)(H,49,52)(H,53,59)(H,54,58)(H4,47,48,50)/t31-,32-,39-,40+/m1/s1. The maximum absolute atomic E-state index is 14.4. The van der Waals surface area contributed by atoms with E-state index in [1.54, 1.807) is 19.5 Å². The highest BCUT2D eigenvalue weighted by Gasteiger charge is 2.32. The van der Waals surface area contributed by atoms with Crippen molar-refractivity contribution in [1.29, 1.82) is 0 Å². The molecule has 4 atom stereocenters. The molecule has 3 amide bonds. The summed E-state index contributed by atoms with van der Waals surface area (Å²) < 4.78 is 5.23. The van der Waals surface area contributed by atoms with Crippen LogP contribution in [-0.2, 0) is 49.7 Å². The quantitative estimate of drug-likeness (QED) is 0.0258. The van der Waals surface area contributed by atoms with Crippen molar-refractivity contribution >= 4 is 46.2 Å². The number of benzene rings is 3. The Balaban J connectivity index is 1.32. The van der Waals surface area contributed by atoms with Crippen LogP contribution in [0.4, 0.5) is 0 Å². The van der Waals surface area contributed by atoms with E-state index < -0.39 is 47.4 Å². The number of ether oxygens (including phenoxy) is 1. The molecule has 5 aromatic rings. The molecule has 60 heavy (non-hydrogen) atoms. The number of aryl methyl sites for hydroxylation is 1. The van der Waals surface area contributed by atoms with Gasteiger partial charge in [-0.2, -0.15) is 0 Å². The molecule has 5 rings (SSSR count). The SMILES string of the molecule is COc1ccc(CCCC(=O)C[C@@H](Cc2cnc[nH]2)C(=O)N[C@H](Cc2ccccc2)C(=O)C[C@@H](CCCN=C(N)N)C(=O)N[C@@H](Cc2c[nH]c3ccccc23)C(N)=O)cc1. The fraction of sp³-hybridized carbons (Fsp3) is 0.356. The predicted octanol–water partition coefficient (Wildman–Crippen LogP) is 3.61. The zero-order chi connectivity index (χ0) is 42.9. The van der Waals surface area contributed by atoms with E-state index >= 15 is 0 Å². The summed E-state index contributed by atoms with van der Waals surface area (Å²) in [5.41, 5.74) is 21.1. The number of H-pyrrole nitrogens is 2. The van der Waals surface area contributed by atoms with E-state index in [-0.39, 0.29) is 63.2 Å². The second-order valence-electron chi connectivity index (χ2n) is 15.0. The molecule has 0 radical (unpaired) electrons. The summed E-state index contributed by atoms with van der Waals surface area (Å²) in [7, 11) is 1.61. The van der Waals surface area contributed by atoms with Gasteiger partial charge in [0, 0.05) is 73.6 Å². The lowest BCUT2D eigenvalue weighted by atomic mass is 9.89. The van der Waals surface area contributed by atoms with Gasteiger partial charge in [-0.25, -0.2) is 4.98 Å². The zero-order valence-corrected chi connectivity index (χ0v) is 33.9. The van der Waals surface area contributed by atoms with E-state index in [1.807, 2.05) is 78.9 Å². The van der Waals surface area contributed by atoms with Crippen LogP contribution < -0.4 is 32.6 Å². The van der Waals surface area contributed by atoms with E-state index in [0.717, 1.165) is 33.3 Å². The third-order valence-corrected chi connectivity index (χ3v) is 10.5. The van der Waals surface area contributed by atoms with Crippen LogP contribution in [0.25, 0.3) is 10.9 Å². The van der Waals surface area contributed by atoms with Gasteiger partial charge < -0.3 is 42.5 Å². The Kier molecular flexibility index (Phi) is 16.6. The summed E-state index contributed by atoms with van der Waals surface area (Å²) in [5.74, 6) is -3.29. The van der Waals surface area contributed by atoms with Gasteiger partial charge >= 0.3 is 0 Å². The maximum atomic E-state index is 14.4. The number of nitrogens with zero attached hydrogens (tertiary/aromatic N) is 2. The number of aromatic nitrogens is 3. The summed E-state index contributed by atoms with van der Waals surface area (Å²) >= 11 is 0. The van der Waals surface area contributed by atoms with E-state index in [4.69, 9.17) is 21.9 Å². The number of rotatable bonds is 25. The lowest BCUT2D eigenvalue weighted by Gasteiger charge is -2.25. The van der Waals surface area contributed by atoms with Gasteiger partial charge in [0.05, 0.1) is 25.4 Å². The topological polar surface area (TPSA) is 254 Å². The molecule has 10 N–H and O–H groups in total. The molecular weight excluding hydrogens is 763 g/mol. The number of imidazole rings is 1. The van der Waals surface area contributed by atoms with E-state index in [9.17, 15) is 24.0 Å². The van der Waals surface area contributed by atoms with Crippen LogP contribution in [0.5, 0.6) is 5.75 Å². The largest absolute Gasteiger partial charge is 0.497 e. The number of nitrogens with one attached hydrogen (secondary N) is 4. The monoisotopic (exact) mass is 817 g/mol. The number of ketones is 2. The molecule has 0 saturated carbocycles. The van der Waals surface area contributed by atoms with Crippen LogP contribution in [-0.4, -0.2) is 75.9 Å². The van der Waals surface area contributed by atoms with Gasteiger partial charge in [-0.1, -0.05) is 60.7 Å². The summed E-state index contributed by atoms with van der Waals surface area (Å²) in [6.07, 6.45) is 7.16. The van der Waals surface area contributed by atoms with Crippen molar-refractivity contribution in [2.75, 3.05) is 13.7 Å². The third kappa shape index (κ3) is 13.7. The number of para-hydroxylation sites is 1. The first-order chi connectivity index (χ1) is 29.0. The van der Waals surface area contributed by atoms with E-state index in [0.29, 0.717) is 25.0 Å². The zero-order valence-electron chi connectivity index (χ0n) is 33.9. The minimum absolute atomic E-state index is 0.0412. The van der Waals surface area contributed by atoms with Crippen LogP contribution in [0.2, 0.25) is 0 Å². The molecule has 0 aliphatic rings. The van der Waals surface area contributed by atoms with Crippen molar-refractivity contribution in [3.05, 3.63) is 120 Å². The van der Waals surface area contributed by atoms with Crippen molar-refractivity contribution in [3.8, 4) is 5.75 Å². The van der Waals surface area contributed by atoms with Crippen molar-refractivity contribution in [2.24, 2.45) is 34.0 Å². The first kappa shape index (κ1) is 44.3. The second-order valence-corrected chi connectivity index (χ2v) is 15.0. The molecule has 316 valence electrons. The fourth-order valence-corrected chi connectivity index (χ4v) is 7.25. The number of amides is 3. The van der Waals surface area contributed by atoms with Gasteiger partial charge in [0.2, 0.25) is 17.7 Å². The normalized spacial score (nSPS) is 13.1. The van der Waals surface area contributed by atoms with E-state index in [2.05, 4.69) is 30.6 Å². The molecule has 15 nitrogen and oxygen atoms in total. The summed E-state index contributed by atoms with van der Waals surface area (Å²) in [6, 6.07) is 22.4. The van der Waals surface area contributed by atoms with Gasteiger partial charge in [-0.15, -0.1) is 0 Å². The second kappa shape index (κ2) is 22.4. The number of methoxy groups -OCH3 is 1. The van der Waals surface area contributed by atoms with Crippen molar-refractivity contribution in [2.45, 2.75) is 76.3 Å². The van der Waals surface area contributed by atoms with E-state index in [1.165, 1.54) is 6.33 Å². The third-order valence-electron chi connectivity index (χ3n) is 10.5. The fourth-order valence-electron chi connectivity index (χ4n) is 7.25. The molecule has 0 unspecified atom stereocenters. The summed E-state index contributed by atoms with van der Waals surface area (Å²) in [6.45, 7) is 0.211. The molecule has 3 aromatic carbocycles. The molecule has 2 heterocycles. The number of aliphatic imine (C=N–C) groups is 1. The highest BCUT2D eigenvalue weighted by atomic mass is 16.5. The summed E-state index contributed by atoms with van der Waals surface area (Å²) in [4.78, 5) is 83.0. The lowest BCUT2D eigenvalue weighted by Crippen LogP contribution is -2.49. The number of primary amides is 1. The molecule has 0 saturated heterocycles. The Bertz CT molecular complexity index is 2200. The van der Waals surface area contributed by atoms with Crippen LogP contribution in [0, 0.1) is 11.8 Å². The number of guanidine groups is 1. The maximum Gasteiger partial charge on any atom is 0.240 e. The Hall–Kier alpha value is -6.77. The predicted molar refractivity (Wildman–Crippen MR) is 230 cm³/mol. The number of Topliss-reactive ketones (excluding diaryl/α,β-unsaturated/α-hetero) is 2. The number of hydrogen-bond donors (Lipinski definition) is 7. The molecule has 0 aliphatic carbocycles. The number of nitrogens with two attached hydrogens (primary N) is 3. The van der Waals surface area contributed by atoms with Crippen LogP contribution in [0.3, 0.4) is 0 Å². The summed E-state index contributed by atoms with van der Waals surface area (Å²) in [5, 5.41) is 6.64. The average Bonchev–Trinajstić information content (AvgIpc) is 3.91. The minimum atomic E-state index is -1.07. The molecule has 0 bridgehead atoms.